The van der Waals surface area contributed by atoms with E-state index in [9.17, 15) is 34.8 Å². The van der Waals surface area contributed by atoms with E-state index in [-0.39, 0.29) is 41.8 Å². The Balaban J connectivity index is 1.94. The maximum absolute atomic E-state index is 14.0. The largest absolute Gasteiger partial charge is 0.510 e. The summed E-state index contributed by atoms with van der Waals surface area (Å²) in [5.41, 5.74) is 3.28. The number of hydrogen-bond donors (Lipinski definition) is 6. The van der Waals surface area contributed by atoms with Crippen LogP contribution in [0.4, 0.5) is 5.69 Å². The lowest BCUT2D eigenvalue weighted by molar-refractivity contribution is -0.148. The highest BCUT2D eigenvalue weighted by atomic mass is 16.3. The van der Waals surface area contributed by atoms with Crippen LogP contribution in [-0.4, -0.2) is 88.2 Å². The summed E-state index contributed by atoms with van der Waals surface area (Å²) in [5.74, 6) is -6.57. The van der Waals surface area contributed by atoms with Gasteiger partial charge in [-0.1, -0.05) is 0 Å². The summed E-state index contributed by atoms with van der Waals surface area (Å²) in [6.45, 7) is 6.19. The minimum atomic E-state index is -2.66. The van der Waals surface area contributed by atoms with Gasteiger partial charge in [-0.05, 0) is 65.3 Å². The first-order valence-electron chi connectivity index (χ1n) is 12.9. The molecule has 0 heterocycles. The fraction of sp³-hybridized carbons (Fsp3) is 0.536. The fourth-order valence-electron chi connectivity index (χ4n) is 6.25. The molecular weight excluding hydrogens is 504 g/mol. The van der Waals surface area contributed by atoms with Crippen LogP contribution in [0.5, 0.6) is 5.75 Å². The second-order valence-corrected chi connectivity index (χ2v) is 12.2. The monoisotopic (exact) mass is 542 g/mol. The number of nitrogens with two attached hydrogens (primary N) is 1. The van der Waals surface area contributed by atoms with Crippen molar-refractivity contribution >= 4 is 23.2 Å². The number of anilines is 1. The maximum atomic E-state index is 14.0. The molecule has 0 bridgehead atoms. The van der Waals surface area contributed by atoms with Crippen LogP contribution in [0.3, 0.4) is 0 Å². The smallest absolute Gasteiger partial charge is 0.255 e. The number of likely N-dealkylation sites (N-methyl/N-ethyl adjacent to an activating group) is 1. The maximum Gasteiger partial charge on any atom is 0.255 e. The molecular formula is C28H38N4O7. The van der Waals surface area contributed by atoms with Gasteiger partial charge in [-0.25, -0.2) is 0 Å². The first-order chi connectivity index (χ1) is 17.9. The summed E-state index contributed by atoms with van der Waals surface area (Å²) in [6.07, 6.45) is 0.287. The number of benzene rings is 1. The molecule has 0 aromatic heterocycles. The van der Waals surface area contributed by atoms with Crippen molar-refractivity contribution in [1.29, 1.82) is 0 Å². The lowest BCUT2D eigenvalue weighted by Crippen LogP contribution is -2.63. The zero-order valence-corrected chi connectivity index (χ0v) is 23.4. The van der Waals surface area contributed by atoms with Gasteiger partial charge in [0.2, 0.25) is 5.78 Å². The first-order valence-corrected chi connectivity index (χ1v) is 12.9. The summed E-state index contributed by atoms with van der Waals surface area (Å²) in [6, 6.07) is 0.803. The molecule has 4 atom stereocenters. The lowest BCUT2D eigenvalue weighted by atomic mass is 9.58. The molecule has 3 aliphatic carbocycles. The molecule has 7 N–H and O–H groups in total. The van der Waals surface area contributed by atoms with Crippen molar-refractivity contribution in [3.05, 3.63) is 45.4 Å². The molecule has 39 heavy (non-hydrogen) atoms. The average molecular weight is 543 g/mol. The number of amides is 1. The van der Waals surface area contributed by atoms with Crippen molar-refractivity contribution in [2.24, 2.45) is 17.6 Å². The van der Waals surface area contributed by atoms with Crippen molar-refractivity contribution in [2.45, 2.75) is 57.3 Å². The Kier molecular flexibility index (Phi) is 6.86. The summed E-state index contributed by atoms with van der Waals surface area (Å²) in [7, 11) is 6.86. The average Bonchev–Trinajstić information content (AvgIpc) is 2.79. The summed E-state index contributed by atoms with van der Waals surface area (Å²) in [5, 5.41) is 48.7. The van der Waals surface area contributed by atoms with Gasteiger partial charge < -0.3 is 36.4 Å². The van der Waals surface area contributed by atoms with Crippen LogP contribution in [0.15, 0.2) is 28.7 Å². The summed E-state index contributed by atoms with van der Waals surface area (Å²) < 4.78 is 0. The first kappa shape index (κ1) is 28.6. The number of carbonyl (C=O) groups excluding carboxylic acids is 3. The van der Waals surface area contributed by atoms with Gasteiger partial charge in [-0.15, -0.1) is 0 Å². The predicted molar refractivity (Wildman–Crippen MR) is 145 cm³/mol. The van der Waals surface area contributed by atoms with Gasteiger partial charge in [0.25, 0.3) is 5.91 Å². The van der Waals surface area contributed by atoms with Crippen LogP contribution in [0.2, 0.25) is 0 Å². The van der Waals surface area contributed by atoms with E-state index in [2.05, 4.69) is 5.32 Å². The number of allylic oxidation sites excluding steroid dienone is 1. The number of aliphatic hydroxyl groups excluding tert-OH is 2. The van der Waals surface area contributed by atoms with Gasteiger partial charge in [0.1, 0.15) is 22.8 Å². The molecule has 0 spiro atoms. The van der Waals surface area contributed by atoms with E-state index in [0.29, 0.717) is 11.1 Å². The van der Waals surface area contributed by atoms with E-state index in [1.807, 2.05) is 45.8 Å². The number of Topliss-reactive ketones (excluding diaryl/α,β-unsaturated/α-hetero) is 2. The highest BCUT2D eigenvalue weighted by molar-refractivity contribution is 6.24. The standard InChI is InChI=1S/C28H38N4O7/c1-27(2,3)30-11-13-10-16(31(4)5)14-8-12-9-15-20(32(6)7)23(35)19(26(29)38)25(37)28(15,39)24(36)17(12)22(34)18(14)21(13)33/h10,12,15,20,30,33,35-36,39H,8-9,11H2,1-7H3,(H2,29,38)/t12-,15-,20-,28-/m0/s1. The van der Waals surface area contributed by atoms with E-state index < -0.39 is 58.0 Å². The number of aliphatic hydroxyl groups is 3. The fourth-order valence-corrected chi connectivity index (χ4v) is 6.25. The molecule has 1 aromatic carbocycles. The van der Waals surface area contributed by atoms with Crippen molar-refractivity contribution in [2.75, 3.05) is 33.1 Å². The molecule has 11 nitrogen and oxygen atoms in total. The molecule has 0 saturated heterocycles. The Hall–Kier alpha value is -3.41. The van der Waals surface area contributed by atoms with E-state index in [1.165, 1.54) is 4.90 Å². The third kappa shape index (κ3) is 4.29. The Morgan fingerprint density at radius 2 is 1.77 bits per heavy atom. The van der Waals surface area contributed by atoms with Gasteiger partial charge in [0, 0.05) is 48.9 Å². The van der Waals surface area contributed by atoms with Crippen LogP contribution in [0.25, 0.3) is 0 Å². The van der Waals surface area contributed by atoms with Gasteiger partial charge in [0.05, 0.1) is 11.6 Å². The minimum absolute atomic E-state index is 0.00712. The molecule has 3 aliphatic rings. The number of fused-ring (bicyclic) bond motifs is 3. The quantitative estimate of drug-likeness (QED) is 0.295. The van der Waals surface area contributed by atoms with Crippen LogP contribution in [-0.2, 0) is 22.6 Å². The molecule has 0 saturated carbocycles. The lowest BCUT2D eigenvalue weighted by Gasteiger charge is -2.50. The molecule has 0 radical (unpaired) electrons. The highest BCUT2D eigenvalue weighted by Gasteiger charge is 2.63. The number of primary amides is 1. The Bertz CT molecular complexity index is 1340. The molecule has 0 unspecified atom stereocenters. The highest BCUT2D eigenvalue weighted by Crippen LogP contribution is 2.53. The van der Waals surface area contributed by atoms with Crippen LogP contribution in [0, 0.1) is 11.8 Å². The Morgan fingerprint density at radius 3 is 2.28 bits per heavy atom. The van der Waals surface area contributed by atoms with Gasteiger partial charge in [-0.3, -0.25) is 19.3 Å². The number of nitrogens with zero attached hydrogens (tertiary/aromatic N) is 2. The molecule has 1 amide bonds. The number of nitrogens with one attached hydrogen (secondary N) is 1. The molecule has 0 fully saturated rings. The molecule has 0 aliphatic heterocycles. The van der Waals surface area contributed by atoms with E-state index in [1.54, 1.807) is 14.1 Å². The normalized spacial score (nSPS) is 26.9. The number of phenolic OH excluding ortho intramolecular Hbond substituents is 1. The number of aromatic hydroxyl groups is 1. The second-order valence-electron chi connectivity index (χ2n) is 12.2. The van der Waals surface area contributed by atoms with E-state index >= 15 is 0 Å². The number of carbonyl (C=O) groups is 3. The third-order valence-corrected chi connectivity index (χ3v) is 8.07. The zero-order chi connectivity index (χ0) is 29.4. The van der Waals surface area contributed by atoms with Crippen LogP contribution in [0.1, 0.15) is 48.7 Å². The Labute approximate surface area is 227 Å². The molecule has 11 heteroatoms. The predicted octanol–water partition coefficient (Wildman–Crippen LogP) is 1.07. The zero-order valence-electron chi connectivity index (χ0n) is 23.4. The number of ketones is 2. The van der Waals surface area contributed by atoms with E-state index in [0.717, 1.165) is 5.69 Å². The molecule has 4 rings (SSSR count). The number of rotatable bonds is 5. The van der Waals surface area contributed by atoms with Crippen molar-refractivity contribution < 1.29 is 34.8 Å². The summed E-state index contributed by atoms with van der Waals surface area (Å²) >= 11 is 0. The third-order valence-electron chi connectivity index (χ3n) is 8.07. The topological polar surface area (TPSA) is 177 Å². The molecule has 1 aromatic rings. The van der Waals surface area contributed by atoms with E-state index in [4.69, 9.17) is 5.73 Å². The van der Waals surface area contributed by atoms with Crippen molar-refractivity contribution in [3.8, 4) is 5.75 Å². The Morgan fingerprint density at radius 1 is 1.15 bits per heavy atom. The van der Waals surface area contributed by atoms with Crippen molar-refractivity contribution in [3.63, 3.8) is 0 Å². The van der Waals surface area contributed by atoms with Gasteiger partial charge >= 0.3 is 0 Å². The SMILES string of the molecule is CN(C)c1cc(CNC(C)(C)C)c(O)c2c1C[C@H]1C[C@H]3[C@H](N(C)C)C(O)=C(C(N)=O)C(=O)[C@@]3(O)C(O)=C1C2=O. The van der Waals surface area contributed by atoms with Gasteiger partial charge in [-0.2, -0.15) is 0 Å². The molecule has 212 valence electrons. The number of hydrogen-bond acceptors (Lipinski definition) is 10. The van der Waals surface area contributed by atoms with Crippen LogP contribution < -0.4 is 16.0 Å². The minimum Gasteiger partial charge on any atom is -0.510 e. The second kappa shape index (κ2) is 9.35. The van der Waals surface area contributed by atoms with Crippen molar-refractivity contribution in [1.82, 2.24) is 10.2 Å². The summed E-state index contributed by atoms with van der Waals surface area (Å²) in [4.78, 5) is 43.0. The van der Waals surface area contributed by atoms with Gasteiger partial charge in [0.15, 0.2) is 11.4 Å². The number of phenols is 1. The van der Waals surface area contributed by atoms with Crippen LogP contribution >= 0.6 is 0 Å².